The van der Waals surface area contributed by atoms with Crippen molar-refractivity contribution in [3.05, 3.63) is 18.7 Å². The van der Waals surface area contributed by atoms with Crippen molar-refractivity contribution in [1.29, 1.82) is 0 Å². The lowest BCUT2D eigenvalue weighted by Gasteiger charge is -2.07. The molecule has 0 amide bonds. The van der Waals surface area contributed by atoms with E-state index in [1.165, 1.54) is 6.92 Å². The second-order valence-electron chi connectivity index (χ2n) is 3.45. The molecule has 100 valence electrons. The van der Waals surface area contributed by atoms with Crippen molar-refractivity contribution in [3.8, 4) is 0 Å². The van der Waals surface area contributed by atoms with Crippen molar-refractivity contribution >= 4 is 10.4 Å². The molecule has 0 bridgehead atoms. The monoisotopic (exact) mass is 266 g/mol. The minimum atomic E-state index is -4.63. The zero-order chi connectivity index (χ0) is 13.5. The van der Waals surface area contributed by atoms with E-state index in [-0.39, 0.29) is 0 Å². The normalized spacial score (nSPS) is 12.8. The first-order chi connectivity index (χ1) is 7.74. The third kappa shape index (κ3) is 9.94. The predicted molar refractivity (Wildman–Crippen MR) is 58.6 cm³/mol. The molecule has 1 aromatic heterocycles. The molecule has 0 aromatic carbocycles. The van der Waals surface area contributed by atoms with E-state index in [1.54, 1.807) is 0 Å². The maximum Gasteiger partial charge on any atom is 0.243 e. The van der Waals surface area contributed by atoms with Gasteiger partial charge in [-0.3, -0.25) is 4.18 Å². The van der Waals surface area contributed by atoms with Gasteiger partial charge in [0, 0.05) is 0 Å². The van der Waals surface area contributed by atoms with Gasteiger partial charge >= 0.3 is 0 Å². The molecule has 17 heavy (non-hydrogen) atoms. The molecule has 0 aliphatic heterocycles. The van der Waals surface area contributed by atoms with Crippen LogP contribution in [0.2, 0.25) is 0 Å². The van der Waals surface area contributed by atoms with Gasteiger partial charge in [-0.15, -0.1) is 0 Å². The standard InChI is InChI=1S/C6H11N2.C3H8O5S/c1-3-8-5-4-7(2)6-8;1-3(4)2-8-9(5,6)7/h4-6H,3H2,1-2H3;3-4H,2H2,1H3,(H,5,6,7)/q+1;/p-1. The van der Waals surface area contributed by atoms with Crippen LogP contribution in [0, 0.1) is 0 Å². The van der Waals surface area contributed by atoms with Crippen LogP contribution >= 0.6 is 0 Å². The molecule has 0 radical (unpaired) electrons. The Hall–Kier alpha value is -0.960. The Morgan fingerprint density at radius 2 is 2.18 bits per heavy atom. The Morgan fingerprint density at radius 3 is 2.35 bits per heavy atom. The van der Waals surface area contributed by atoms with E-state index in [0.29, 0.717) is 0 Å². The molecule has 1 atom stereocenters. The number of aliphatic hydroxyl groups excluding tert-OH is 1. The number of rotatable bonds is 4. The number of aromatic nitrogens is 2. The minimum Gasteiger partial charge on any atom is -0.726 e. The molecule has 7 nitrogen and oxygen atoms in total. The maximum absolute atomic E-state index is 9.65. The Kier molecular flexibility index (Phi) is 6.97. The van der Waals surface area contributed by atoms with E-state index in [9.17, 15) is 13.0 Å². The first kappa shape index (κ1) is 16.0. The average Bonchev–Trinajstić information content (AvgIpc) is 2.61. The zero-order valence-corrected chi connectivity index (χ0v) is 10.9. The summed E-state index contributed by atoms with van der Waals surface area (Å²) in [6.07, 6.45) is 5.21. The fraction of sp³-hybridized carbons (Fsp3) is 0.667. The topological polar surface area (TPSA) is 95.5 Å². The second-order valence-corrected chi connectivity index (χ2v) is 4.50. The second kappa shape index (κ2) is 7.38. The van der Waals surface area contributed by atoms with Crippen molar-refractivity contribution in [1.82, 2.24) is 4.57 Å². The van der Waals surface area contributed by atoms with E-state index in [4.69, 9.17) is 5.11 Å². The summed E-state index contributed by atoms with van der Waals surface area (Å²) in [6.45, 7) is 4.01. The lowest BCUT2D eigenvalue weighted by molar-refractivity contribution is -0.671. The van der Waals surface area contributed by atoms with Gasteiger partial charge in [-0.05, 0) is 13.8 Å². The minimum absolute atomic E-state index is 0.480. The summed E-state index contributed by atoms with van der Waals surface area (Å²) in [5, 5.41) is 8.39. The molecule has 0 aliphatic carbocycles. The third-order valence-electron chi connectivity index (χ3n) is 1.64. The van der Waals surface area contributed by atoms with Crippen LogP contribution in [0.15, 0.2) is 18.7 Å². The summed E-state index contributed by atoms with van der Waals surface area (Å²) < 4.78 is 36.8. The van der Waals surface area contributed by atoms with Gasteiger partial charge in [0.05, 0.1) is 26.3 Å². The maximum atomic E-state index is 9.65. The van der Waals surface area contributed by atoms with Crippen LogP contribution in [-0.2, 0) is 28.2 Å². The smallest absolute Gasteiger partial charge is 0.243 e. The van der Waals surface area contributed by atoms with Crippen LogP contribution in [0.4, 0.5) is 0 Å². The number of hydrogen-bond acceptors (Lipinski definition) is 5. The van der Waals surface area contributed by atoms with Crippen LogP contribution in [0.1, 0.15) is 13.8 Å². The summed E-state index contributed by atoms with van der Waals surface area (Å²) in [4.78, 5) is 0. The number of hydrogen-bond donors (Lipinski definition) is 1. The predicted octanol–water partition coefficient (Wildman–Crippen LogP) is -0.823. The van der Waals surface area contributed by atoms with E-state index in [2.05, 4.69) is 28.2 Å². The van der Waals surface area contributed by atoms with E-state index >= 15 is 0 Å². The molecule has 1 N–H and O–H groups in total. The molecule has 1 heterocycles. The number of aliphatic hydroxyl groups is 1. The highest BCUT2D eigenvalue weighted by atomic mass is 32.3. The fourth-order valence-corrected chi connectivity index (χ4v) is 1.23. The van der Waals surface area contributed by atoms with Gasteiger partial charge in [0.2, 0.25) is 16.7 Å². The van der Waals surface area contributed by atoms with Crippen LogP contribution in [0.5, 0.6) is 0 Å². The van der Waals surface area contributed by atoms with Crippen molar-refractivity contribution in [2.75, 3.05) is 6.61 Å². The van der Waals surface area contributed by atoms with Crippen molar-refractivity contribution in [3.63, 3.8) is 0 Å². The molecule has 1 rings (SSSR count). The molecular weight excluding hydrogens is 248 g/mol. The van der Waals surface area contributed by atoms with E-state index in [0.717, 1.165) is 6.54 Å². The number of imidazole rings is 1. The van der Waals surface area contributed by atoms with Gasteiger partial charge < -0.3 is 9.66 Å². The summed E-state index contributed by atoms with van der Waals surface area (Å²) in [7, 11) is -2.61. The molecule has 0 saturated carbocycles. The Bertz CT molecular complexity index is 413. The van der Waals surface area contributed by atoms with Gasteiger partial charge in [0.1, 0.15) is 12.4 Å². The van der Waals surface area contributed by atoms with Crippen LogP contribution in [0.3, 0.4) is 0 Å². The Morgan fingerprint density at radius 1 is 1.59 bits per heavy atom. The summed E-state index contributed by atoms with van der Waals surface area (Å²) in [5.74, 6) is 0. The fourth-order valence-electron chi connectivity index (χ4n) is 0.871. The summed E-state index contributed by atoms with van der Waals surface area (Å²) in [5.41, 5.74) is 0. The van der Waals surface area contributed by atoms with Gasteiger partial charge in [0.15, 0.2) is 0 Å². The first-order valence-corrected chi connectivity index (χ1v) is 6.37. The molecule has 0 fully saturated rings. The van der Waals surface area contributed by atoms with Gasteiger partial charge in [-0.25, -0.2) is 17.6 Å². The van der Waals surface area contributed by atoms with Gasteiger partial charge in [-0.1, -0.05) is 0 Å². The highest BCUT2D eigenvalue weighted by Crippen LogP contribution is 1.88. The van der Waals surface area contributed by atoms with E-state index in [1.807, 2.05) is 17.8 Å². The molecule has 0 aliphatic rings. The van der Waals surface area contributed by atoms with Crippen LogP contribution in [-0.4, -0.2) is 35.4 Å². The number of nitrogens with zero attached hydrogens (tertiary/aromatic N) is 2. The largest absolute Gasteiger partial charge is 0.726 e. The highest BCUT2D eigenvalue weighted by molar-refractivity contribution is 7.80. The van der Waals surface area contributed by atoms with Crippen LogP contribution < -0.4 is 4.57 Å². The van der Waals surface area contributed by atoms with Gasteiger partial charge in [-0.2, -0.15) is 0 Å². The SMILES string of the molecule is CC(O)COS(=O)(=O)[O-].CCn1cc[n+](C)c1. The van der Waals surface area contributed by atoms with Crippen molar-refractivity contribution in [2.45, 2.75) is 26.5 Å². The Balaban J connectivity index is 0.000000302. The summed E-state index contributed by atoms with van der Waals surface area (Å²) in [6, 6.07) is 0. The average molecular weight is 266 g/mol. The highest BCUT2D eigenvalue weighted by Gasteiger charge is 1.98. The molecule has 0 spiro atoms. The molecule has 1 aromatic rings. The lowest BCUT2D eigenvalue weighted by Crippen LogP contribution is -2.23. The first-order valence-electron chi connectivity index (χ1n) is 5.04. The molecule has 8 heteroatoms. The molecule has 0 saturated heterocycles. The molecule has 1 unspecified atom stereocenters. The van der Waals surface area contributed by atoms with Gasteiger partial charge in [0.25, 0.3) is 0 Å². The quantitative estimate of drug-likeness (QED) is 0.436. The van der Waals surface area contributed by atoms with Crippen LogP contribution in [0.25, 0.3) is 0 Å². The summed E-state index contributed by atoms with van der Waals surface area (Å²) >= 11 is 0. The lowest BCUT2D eigenvalue weighted by atomic mass is 10.5. The molecular formula is C9H18N2O5S. The zero-order valence-electron chi connectivity index (χ0n) is 10.1. The van der Waals surface area contributed by atoms with E-state index < -0.39 is 23.1 Å². The van der Waals surface area contributed by atoms with Crippen molar-refractivity contribution < 1.29 is 26.8 Å². The third-order valence-corrected chi connectivity index (χ3v) is 2.07. The number of aryl methyl sites for hydroxylation is 2. The van der Waals surface area contributed by atoms with Crippen molar-refractivity contribution in [2.24, 2.45) is 7.05 Å². The Labute approximate surface area is 101 Å².